The maximum absolute atomic E-state index is 11.3. The van der Waals surface area contributed by atoms with Gasteiger partial charge in [0.1, 0.15) is 0 Å². The van der Waals surface area contributed by atoms with Gasteiger partial charge in [-0.2, -0.15) is 0 Å². The first-order chi connectivity index (χ1) is 6.74. The molecule has 4 nitrogen and oxygen atoms in total. The predicted molar refractivity (Wildman–Crippen MR) is 58.6 cm³/mol. The molecule has 0 aliphatic carbocycles. The number of carbonyl (C=O) groups excluding carboxylic acids is 1. The van der Waals surface area contributed by atoms with Gasteiger partial charge < -0.3 is 10.2 Å². The molecule has 0 atom stereocenters. The summed E-state index contributed by atoms with van der Waals surface area (Å²) in [5.74, 6) is -0.0254. The van der Waals surface area contributed by atoms with Crippen molar-refractivity contribution in [1.29, 1.82) is 0 Å². The van der Waals surface area contributed by atoms with Gasteiger partial charge >= 0.3 is 0 Å². The summed E-state index contributed by atoms with van der Waals surface area (Å²) in [4.78, 5) is 17.2. The number of aromatic nitrogens is 1. The number of rotatable bonds is 5. The SMILES string of the molecule is C=CCNC(=O)CN(C)c1nccs1. The van der Waals surface area contributed by atoms with E-state index < -0.39 is 0 Å². The second-order valence-electron chi connectivity index (χ2n) is 2.76. The van der Waals surface area contributed by atoms with Crippen LogP contribution in [-0.2, 0) is 4.79 Å². The first-order valence-corrected chi connectivity index (χ1v) is 5.10. The molecule has 1 aromatic rings. The Bertz CT molecular complexity index is 297. The van der Waals surface area contributed by atoms with Gasteiger partial charge in [-0.1, -0.05) is 6.08 Å². The van der Waals surface area contributed by atoms with Crippen LogP contribution in [0.4, 0.5) is 5.13 Å². The van der Waals surface area contributed by atoms with Crippen molar-refractivity contribution in [2.75, 3.05) is 25.0 Å². The molecule has 0 saturated heterocycles. The molecule has 1 amide bonds. The molecule has 1 rings (SSSR count). The lowest BCUT2D eigenvalue weighted by molar-refractivity contribution is -0.119. The molecule has 0 bridgehead atoms. The molecule has 1 heterocycles. The van der Waals surface area contributed by atoms with Crippen LogP contribution in [0.3, 0.4) is 0 Å². The van der Waals surface area contributed by atoms with Crippen LogP contribution in [0.1, 0.15) is 0 Å². The van der Waals surface area contributed by atoms with Gasteiger partial charge in [0.05, 0.1) is 6.54 Å². The van der Waals surface area contributed by atoms with Crippen LogP contribution >= 0.6 is 11.3 Å². The third-order valence-electron chi connectivity index (χ3n) is 1.57. The first kappa shape index (κ1) is 10.7. The monoisotopic (exact) mass is 211 g/mol. The number of thiazole rings is 1. The number of anilines is 1. The average molecular weight is 211 g/mol. The summed E-state index contributed by atoms with van der Waals surface area (Å²) in [7, 11) is 1.84. The zero-order chi connectivity index (χ0) is 10.4. The van der Waals surface area contributed by atoms with Crippen LogP contribution in [0.5, 0.6) is 0 Å². The Labute approximate surface area is 87.3 Å². The van der Waals surface area contributed by atoms with E-state index in [4.69, 9.17) is 0 Å². The molecular weight excluding hydrogens is 198 g/mol. The van der Waals surface area contributed by atoms with Crippen LogP contribution in [0.2, 0.25) is 0 Å². The van der Waals surface area contributed by atoms with Crippen LogP contribution < -0.4 is 10.2 Å². The van der Waals surface area contributed by atoms with Crippen molar-refractivity contribution >= 4 is 22.4 Å². The Hall–Kier alpha value is -1.36. The lowest BCUT2D eigenvalue weighted by Crippen LogP contribution is -2.35. The Kier molecular flexibility index (Phi) is 4.12. The van der Waals surface area contributed by atoms with Gasteiger partial charge in [-0.15, -0.1) is 17.9 Å². The lowest BCUT2D eigenvalue weighted by Gasteiger charge is -2.14. The number of likely N-dealkylation sites (N-methyl/N-ethyl adjacent to an activating group) is 1. The highest BCUT2D eigenvalue weighted by Crippen LogP contribution is 2.14. The van der Waals surface area contributed by atoms with Gasteiger partial charge in [0.25, 0.3) is 0 Å². The van der Waals surface area contributed by atoms with E-state index in [1.165, 1.54) is 11.3 Å². The fourth-order valence-electron chi connectivity index (χ4n) is 0.929. The van der Waals surface area contributed by atoms with Gasteiger partial charge in [0.2, 0.25) is 5.91 Å². The third kappa shape index (κ3) is 3.18. The fraction of sp³-hybridized carbons (Fsp3) is 0.333. The van der Waals surface area contributed by atoms with E-state index in [-0.39, 0.29) is 5.91 Å². The number of nitrogens with zero attached hydrogens (tertiary/aromatic N) is 2. The first-order valence-electron chi connectivity index (χ1n) is 4.22. The number of nitrogens with one attached hydrogen (secondary N) is 1. The average Bonchev–Trinajstić information content (AvgIpc) is 2.67. The predicted octanol–water partition coefficient (Wildman–Crippen LogP) is 0.881. The molecule has 0 aromatic carbocycles. The number of amides is 1. The van der Waals surface area contributed by atoms with Crippen LogP contribution in [0.25, 0.3) is 0 Å². The quantitative estimate of drug-likeness (QED) is 0.735. The Morgan fingerprint density at radius 1 is 1.86 bits per heavy atom. The maximum atomic E-state index is 11.3. The van der Waals surface area contributed by atoms with E-state index in [1.54, 1.807) is 12.3 Å². The van der Waals surface area contributed by atoms with Gasteiger partial charge in [-0.3, -0.25) is 4.79 Å². The van der Waals surface area contributed by atoms with E-state index in [9.17, 15) is 4.79 Å². The molecule has 5 heteroatoms. The summed E-state index contributed by atoms with van der Waals surface area (Å²) in [5, 5.41) is 5.43. The number of hydrogen-bond acceptors (Lipinski definition) is 4. The zero-order valence-electron chi connectivity index (χ0n) is 8.06. The van der Waals surface area contributed by atoms with E-state index in [2.05, 4.69) is 16.9 Å². The minimum absolute atomic E-state index is 0.0254. The summed E-state index contributed by atoms with van der Waals surface area (Å²) < 4.78 is 0. The van der Waals surface area contributed by atoms with Gasteiger partial charge in [0, 0.05) is 25.2 Å². The van der Waals surface area contributed by atoms with Crippen molar-refractivity contribution in [1.82, 2.24) is 10.3 Å². The topological polar surface area (TPSA) is 45.2 Å². The second kappa shape index (κ2) is 5.39. The number of carbonyl (C=O) groups is 1. The van der Waals surface area contributed by atoms with Crippen LogP contribution in [-0.4, -0.2) is 31.0 Å². The normalized spacial score (nSPS) is 9.50. The molecule has 1 aromatic heterocycles. The molecule has 0 spiro atoms. The third-order valence-corrected chi connectivity index (χ3v) is 2.46. The summed E-state index contributed by atoms with van der Waals surface area (Å²) >= 11 is 1.51. The van der Waals surface area contributed by atoms with Gasteiger partial charge in [-0.05, 0) is 0 Å². The van der Waals surface area contributed by atoms with Crippen molar-refractivity contribution in [2.24, 2.45) is 0 Å². The van der Waals surface area contributed by atoms with E-state index in [1.807, 2.05) is 17.3 Å². The second-order valence-corrected chi connectivity index (χ2v) is 3.64. The summed E-state index contributed by atoms with van der Waals surface area (Å²) in [5.41, 5.74) is 0. The Balaban J connectivity index is 2.37. The van der Waals surface area contributed by atoms with Gasteiger partial charge in [0.15, 0.2) is 5.13 Å². The van der Waals surface area contributed by atoms with Crippen molar-refractivity contribution in [3.8, 4) is 0 Å². The lowest BCUT2D eigenvalue weighted by atomic mass is 10.5. The van der Waals surface area contributed by atoms with E-state index >= 15 is 0 Å². The standard InChI is InChI=1S/C9H13N3OS/c1-3-4-10-8(13)7-12(2)9-11-5-6-14-9/h3,5-6H,1,4,7H2,2H3,(H,10,13). The van der Waals surface area contributed by atoms with Crippen LogP contribution in [0, 0.1) is 0 Å². The van der Waals surface area contributed by atoms with Crippen molar-refractivity contribution in [3.05, 3.63) is 24.2 Å². The highest BCUT2D eigenvalue weighted by Gasteiger charge is 2.07. The molecule has 0 radical (unpaired) electrons. The largest absolute Gasteiger partial charge is 0.351 e. The molecule has 0 aliphatic rings. The van der Waals surface area contributed by atoms with Crippen LogP contribution in [0.15, 0.2) is 24.2 Å². The minimum atomic E-state index is -0.0254. The Morgan fingerprint density at radius 2 is 2.64 bits per heavy atom. The molecule has 1 N–H and O–H groups in total. The van der Waals surface area contributed by atoms with Gasteiger partial charge in [-0.25, -0.2) is 4.98 Å². The summed E-state index contributed by atoms with van der Waals surface area (Å²) in [6, 6.07) is 0. The summed E-state index contributed by atoms with van der Waals surface area (Å²) in [6.07, 6.45) is 3.37. The molecule has 0 unspecified atom stereocenters. The highest BCUT2D eigenvalue weighted by molar-refractivity contribution is 7.13. The van der Waals surface area contributed by atoms with E-state index in [0.717, 1.165) is 5.13 Å². The molecular formula is C9H13N3OS. The molecule has 76 valence electrons. The van der Waals surface area contributed by atoms with Crippen molar-refractivity contribution in [3.63, 3.8) is 0 Å². The van der Waals surface area contributed by atoms with Crippen molar-refractivity contribution in [2.45, 2.75) is 0 Å². The maximum Gasteiger partial charge on any atom is 0.239 e. The van der Waals surface area contributed by atoms with E-state index in [0.29, 0.717) is 13.1 Å². The van der Waals surface area contributed by atoms with Crippen molar-refractivity contribution < 1.29 is 4.79 Å². The smallest absolute Gasteiger partial charge is 0.239 e. The Morgan fingerprint density at radius 3 is 3.21 bits per heavy atom. The molecule has 0 saturated carbocycles. The molecule has 0 aliphatic heterocycles. The molecule has 14 heavy (non-hydrogen) atoms. The zero-order valence-corrected chi connectivity index (χ0v) is 8.88. The highest BCUT2D eigenvalue weighted by atomic mass is 32.1. The summed E-state index contributed by atoms with van der Waals surface area (Å²) in [6.45, 7) is 4.35. The fourth-order valence-corrected chi connectivity index (χ4v) is 1.54. The number of hydrogen-bond donors (Lipinski definition) is 1. The molecule has 0 fully saturated rings. The minimum Gasteiger partial charge on any atom is -0.351 e.